The Bertz CT molecular complexity index is 379. The molecule has 4 nitrogen and oxygen atoms in total. The van der Waals surface area contributed by atoms with Crippen LogP contribution in [0.25, 0.3) is 0 Å². The monoisotopic (exact) mass is 448 g/mol. The lowest BCUT2D eigenvalue weighted by Crippen LogP contribution is -2.40. The molecule has 2 atom stereocenters. The van der Waals surface area contributed by atoms with E-state index in [1.165, 1.54) is 77.1 Å². The number of hydrogen-bond acceptors (Lipinski definition) is 2. The van der Waals surface area contributed by atoms with E-state index in [1.54, 1.807) is 0 Å². The van der Waals surface area contributed by atoms with Gasteiger partial charge in [0.1, 0.15) is 0 Å². The van der Waals surface area contributed by atoms with E-state index < -0.39 is 0 Å². The Balaban J connectivity index is 0.00000208. The van der Waals surface area contributed by atoms with Crippen molar-refractivity contribution in [2.24, 2.45) is 22.7 Å². The van der Waals surface area contributed by atoms with Gasteiger partial charge in [-0.25, -0.2) is 0 Å². The van der Waals surface area contributed by atoms with Crippen molar-refractivity contribution in [1.29, 1.82) is 0 Å². The average molecular weight is 448 g/mol. The summed E-state index contributed by atoms with van der Waals surface area (Å²) in [5.74, 6) is 3.94. The number of likely N-dealkylation sites (tertiary alicyclic amines) is 2. The lowest BCUT2D eigenvalue weighted by Gasteiger charge is -2.28. The van der Waals surface area contributed by atoms with Crippen molar-refractivity contribution in [3.63, 3.8) is 0 Å². The molecule has 0 aromatic rings. The third-order valence-electron chi connectivity index (χ3n) is 6.25. The maximum atomic E-state index is 4.98. The van der Waals surface area contributed by atoms with Crippen LogP contribution in [0, 0.1) is 17.8 Å². The predicted octanol–water partition coefficient (Wildman–Crippen LogP) is 3.42. The van der Waals surface area contributed by atoms with Crippen LogP contribution in [0.15, 0.2) is 4.99 Å². The van der Waals surface area contributed by atoms with Crippen molar-refractivity contribution in [2.45, 2.75) is 51.9 Å². The minimum Gasteiger partial charge on any atom is -0.357 e. The molecule has 3 rings (SSSR count). The van der Waals surface area contributed by atoms with Gasteiger partial charge in [0.25, 0.3) is 0 Å². The number of rotatable bonds is 4. The van der Waals surface area contributed by atoms with Crippen molar-refractivity contribution in [3.8, 4) is 0 Å². The number of aliphatic imine (C=N–C) groups is 1. The number of fused-ring (bicyclic) bond motifs is 1. The maximum absolute atomic E-state index is 4.98. The fourth-order valence-corrected chi connectivity index (χ4v) is 4.71. The van der Waals surface area contributed by atoms with Gasteiger partial charge in [0.2, 0.25) is 0 Å². The fourth-order valence-electron chi connectivity index (χ4n) is 4.71. The van der Waals surface area contributed by atoms with Crippen LogP contribution in [0.5, 0.6) is 0 Å². The maximum Gasteiger partial charge on any atom is 0.193 e. The zero-order valence-corrected chi connectivity index (χ0v) is 18.0. The molecule has 24 heavy (non-hydrogen) atoms. The van der Waals surface area contributed by atoms with Gasteiger partial charge in [0, 0.05) is 26.2 Å². The number of guanidine groups is 1. The summed E-state index contributed by atoms with van der Waals surface area (Å²) in [7, 11) is 2.24. The first kappa shape index (κ1) is 20.3. The van der Waals surface area contributed by atoms with Gasteiger partial charge < -0.3 is 15.1 Å². The number of nitrogens with one attached hydrogen (secondary N) is 1. The lowest BCUT2D eigenvalue weighted by atomic mass is 9.82. The van der Waals surface area contributed by atoms with Crippen LogP contribution in [-0.4, -0.2) is 62.1 Å². The third-order valence-corrected chi connectivity index (χ3v) is 6.25. The first-order valence-electron chi connectivity index (χ1n) is 9.98. The Morgan fingerprint density at radius 2 is 1.67 bits per heavy atom. The Morgan fingerprint density at radius 3 is 2.25 bits per heavy atom. The molecule has 0 aromatic carbocycles. The van der Waals surface area contributed by atoms with E-state index in [9.17, 15) is 0 Å². The van der Waals surface area contributed by atoms with Crippen LogP contribution in [0.1, 0.15) is 51.9 Å². The van der Waals surface area contributed by atoms with Gasteiger partial charge in [-0.1, -0.05) is 12.8 Å². The standard InChI is InChI=1S/C19H36N4.HI/c1-3-20-19(21-11-8-16-9-12-22(2)13-10-16)23-14-17-6-4-5-7-18(17)15-23;/h16-18H,3-15H2,1-2H3,(H,20,21);1H. The second-order valence-corrected chi connectivity index (χ2v) is 7.98. The molecule has 1 N–H and O–H groups in total. The second-order valence-electron chi connectivity index (χ2n) is 7.98. The number of nitrogens with zero attached hydrogens (tertiary/aromatic N) is 3. The molecule has 0 aromatic heterocycles. The third kappa shape index (κ3) is 5.48. The van der Waals surface area contributed by atoms with Crippen molar-refractivity contribution in [1.82, 2.24) is 15.1 Å². The van der Waals surface area contributed by atoms with Crippen LogP contribution in [0.3, 0.4) is 0 Å². The van der Waals surface area contributed by atoms with E-state index in [4.69, 9.17) is 4.99 Å². The smallest absolute Gasteiger partial charge is 0.193 e. The van der Waals surface area contributed by atoms with Gasteiger partial charge >= 0.3 is 0 Å². The lowest BCUT2D eigenvalue weighted by molar-refractivity contribution is 0.214. The molecule has 5 heteroatoms. The van der Waals surface area contributed by atoms with E-state index in [1.807, 2.05) is 0 Å². The Kier molecular flexibility index (Phi) is 8.61. The SMILES string of the molecule is CCNC(=NCCC1CCN(C)CC1)N1CC2CCCCC2C1.I. The first-order chi connectivity index (χ1) is 11.3. The van der Waals surface area contributed by atoms with Crippen molar-refractivity contribution < 1.29 is 0 Å². The van der Waals surface area contributed by atoms with Gasteiger partial charge in [-0.15, -0.1) is 24.0 Å². The van der Waals surface area contributed by atoms with Crippen LogP contribution in [0.4, 0.5) is 0 Å². The summed E-state index contributed by atoms with van der Waals surface area (Å²) >= 11 is 0. The highest BCUT2D eigenvalue weighted by molar-refractivity contribution is 14.0. The minimum atomic E-state index is 0. The van der Waals surface area contributed by atoms with Crippen LogP contribution in [-0.2, 0) is 0 Å². The van der Waals surface area contributed by atoms with E-state index >= 15 is 0 Å². The molecule has 2 saturated heterocycles. The zero-order valence-electron chi connectivity index (χ0n) is 15.7. The molecular weight excluding hydrogens is 411 g/mol. The Morgan fingerprint density at radius 1 is 1.04 bits per heavy atom. The topological polar surface area (TPSA) is 30.9 Å². The summed E-state index contributed by atoms with van der Waals surface area (Å²) in [5, 5.41) is 3.55. The highest BCUT2D eigenvalue weighted by atomic mass is 127. The van der Waals surface area contributed by atoms with Gasteiger partial charge in [0.05, 0.1) is 0 Å². The minimum absolute atomic E-state index is 0. The second kappa shape index (κ2) is 10.2. The average Bonchev–Trinajstić information content (AvgIpc) is 3.00. The van der Waals surface area contributed by atoms with Crippen molar-refractivity contribution >= 4 is 29.9 Å². The fraction of sp³-hybridized carbons (Fsp3) is 0.947. The Hall–Kier alpha value is -0.0400. The molecule has 3 fully saturated rings. The number of hydrogen-bond donors (Lipinski definition) is 1. The highest BCUT2D eigenvalue weighted by Crippen LogP contribution is 2.36. The molecule has 0 amide bonds. The number of piperidine rings is 1. The van der Waals surface area contributed by atoms with Crippen LogP contribution < -0.4 is 5.32 Å². The van der Waals surface area contributed by atoms with Gasteiger partial charge in [-0.3, -0.25) is 4.99 Å². The largest absolute Gasteiger partial charge is 0.357 e. The molecule has 0 bridgehead atoms. The summed E-state index contributed by atoms with van der Waals surface area (Å²) in [4.78, 5) is 9.99. The van der Waals surface area contributed by atoms with Crippen LogP contribution in [0.2, 0.25) is 0 Å². The van der Waals surface area contributed by atoms with Gasteiger partial charge in [-0.2, -0.15) is 0 Å². The first-order valence-corrected chi connectivity index (χ1v) is 9.98. The van der Waals surface area contributed by atoms with Gasteiger partial charge in [-0.05, 0) is 76.9 Å². The summed E-state index contributed by atoms with van der Waals surface area (Å²) in [5.41, 5.74) is 0. The summed E-state index contributed by atoms with van der Waals surface area (Å²) in [6.45, 7) is 9.19. The highest BCUT2D eigenvalue weighted by Gasteiger charge is 2.35. The van der Waals surface area contributed by atoms with Crippen LogP contribution >= 0.6 is 24.0 Å². The molecule has 0 spiro atoms. The van der Waals surface area contributed by atoms with Gasteiger partial charge in [0.15, 0.2) is 5.96 Å². The quantitative estimate of drug-likeness (QED) is 0.406. The normalized spacial score (nSPS) is 29.2. The van der Waals surface area contributed by atoms with E-state index in [2.05, 4.69) is 29.1 Å². The molecular formula is C19H37IN4. The summed E-state index contributed by atoms with van der Waals surface area (Å²) in [6, 6.07) is 0. The predicted molar refractivity (Wildman–Crippen MR) is 113 cm³/mol. The number of halogens is 1. The Labute approximate surface area is 165 Å². The molecule has 2 heterocycles. The molecule has 2 unspecified atom stereocenters. The van der Waals surface area contributed by atoms with E-state index in [0.29, 0.717) is 0 Å². The molecule has 0 radical (unpaired) electrons. The summed E-state index contributed by atoms with van der Waals surface area (Å²) in [6.07, 6.45) is 9.75. The molecule has 3 aliphatic rings. The van der Waals surface area contributed by atoms with Crippen molar-refractivity contribution in [2.75, 3.05) is 46.3 Å². The molecule has 1 aliphatic carbocycles. The van der Waals surface area contributed by atoms with E-state index in [-0.39, 0.29) is 24.0 Å². The van der Waals surface area contributed by atoms with Crippen molar-refractivity contribution in [3.05, 3.63) is 0 Å². The molecule has 140 valence electrons. The zero-order chi connectivity index (χ0) is 16.1. The summed E-state index contributed by atoms with van der Waals surface area (Å²) < 4.78 is 0. The van der Waals surface area contributed by atoms with E-state index in [0.717, 1.165) is 30.8 Å². The molecule has 1 saturated carbocycles. The molecule has 2 aliphatic heterocycles.